The Morgan fingerprint density at radius 1 is 1.53 bits per heavy atom. The van der Waals surface area contributed by atoms with Crippen LogP contribution in [0.4, 0.5) is 0 Å². The van der Waals surface area contributed by atoms with Crippen molar-refractivity contribution < 1.29 is 9.90 Å². The lowest BCUT2D eigenvalue weighted by Crippen LogP contribution is -2.17. The number of halogens is 1. The average Bonchev–Trinajstić information content (AvgIpc) is 2.85. The van der Waals surface area contributed by atoms with Crippen LogP contribution in [0.25, 0.3) is 0 Å². The molecule has 4 nitrogen and oxygen atoms in total. The fraction of sp³-hybridized carbons (Fsp3) is 0.273. The predicted molar refractivity (Wildman–Crippen MR) is 67.0 cm³/mol. The Kier molecular flexibility index (Phi) is 2.97. The molecule has 0 radical (unpaired) electrons. The molecule has 0 unspecified atom stereocenters. The summed E-state index contributed by atoms with van der Waals surface area (Å²) in [4.78, 5) is 11.8. The second-order valence-electron chi connectivity index (χ2n) is 4.20. The maximum absolute atomic E-state index is 10.8. The number of carboxylic acids is 1. The van der Waals surface area contributed by atoms with Crippen LogP contribution >= 0.6 is 22.9 Å². The number of aromatic amines is 1. The van der Waals surface area contributed by atoms with Gasteiger partial charge in [-0.15, -0.1) is 11.3 Å². The van der Waals surface area contributed by atoms with Gasteiger partial charge in [-0.05, 0) is 32.0 Å². The Labute approximate surface area is 107 Å². The number of carbonyl (C=O) groups is 1. The van der Waals surface area contributed by atoms with Crippen LogP contribution in [0.5, 0.6) is 0 Å². The lowest BCUT2D eigenvalue weighted by Gasteiger charge is -2.20. The Hall–Kier alpha value is -1.33. The first kappa shape index (κ1) is 12.1. The first-order valence-corrected chi connectivity index (χ1v) is 6.15. The number of thiophene rings is 1. The smallest absolute Gasteiger partial charge is 0.356 e. The molecule has 2 aromatic rings. The van der Waals surface area contributed by atoms with E-state index in [0.29, 0.717) is 4.34 Å². The summed E-state index contributed by atoms with van der Waals surface area (Å²) in [5, 5.41) is 15.4. The molecule has 0 spiro atoms. The maximum Gasteiger partial charge on any atom is 0.356 e. The normalized spacial score (nSPS) is 11.7. The molecule has 2 aromatic heterocycles. The number of H-pyrrole nitrogens is 1. The Balaban J connectivity index is 2.40. The van der Waals surface area contributed by atoms with Crippen LogP contribution in [0.2, 0.25) is 4.34 Å². The molecule has 17 heavy (non-hydrogen) atoms. The molecule has 0 fully saturated rings. The van der Waals surface area contributed by atoms with Gasteiger partial charge in [-0.1, -0.05) is 11.6 Å². The fourth-order valence-corrected chi connectivity index (χ4v) is 2.69. The van der Waals surface area contributed by atoms with Crippen molar-refractivity contribution in [2.24, 2.45) is 0 Å². The van der Waals surface area contributed by atoms with Crippen molar-refractivity contribution in [1.82, 2.24) is 10.2 Å². The summed E-state index contributed by atoms with van der Waals surface area (Å²) >= 11 is 7.39. The molecule has 0 aliphatic heterocycles. The van der Waals surface area contributed by atoms with Gasteiger partial charge in [0.2, 0.25) is 0 Å². The number of nitrogens with zero attached hydrogens (tertiary/aromatic N) is 1. The van der Waals surface area contributed by atoms with Gasteiger partial charge in [0.25, 0.3) is 0 Å². The molecule has 0 bridgehead atoms. The summed E-state index contributed by atoms with van der Waals surface area (Å²) in [5.41, 5.74) is 0.447. The first-order chi connectivity index (χ1) is 7.91. The quantitative estimate of drug-likeness (QED) is 0.900. The summed E-state index contributed by atoms with van der Waals surface area (Å²) in [6.45, 7) is 3.99. The molecule has 0 atom stereocenters. The highest BCUT2D eigenvalue weighted by atomic mass is 35.5. The SMILES string of the molecule is CC(C)(c1cc(C(=O)O)n[nH]1)c1ccc(Cl)s1. The minimum absolute atomic E-state index is 0.0238. The second kappa shape index (κ2) is 4.16. The highest BCUT2D eigenvalue weighted by Gasteiger charge is 2.28. The van der Waals surface area contributed by atoms with Crippen LogP contribution in [-0.2, 0) is 5.41 Å². The highest BCUT2D eigenvalue weighted by molar-refractivity contribution is 7.16. The molecule has 0 saturated heterocycles. The van der Waals surface area contributed by atoms with Gasteiger partial charge in [0.15, 0.2) is 5.69 Å². The third kappa shape index (κ3) is 2.21. The summed E-state index contributed by atoms with van der Waals surface area (Å²) in [5.74, 6) is -1.03. The first-order valence-electron chi connectivity index (χ1n) is 4.96. The molecule has 0 aromatic carbocycles. The van der Waals surface area contributed by atoms with E-state index in [2.05, 4.69) is 10.2 Å². The third-order valence-electron chi connectivity index (χ3n) is 2.66. The summed E-state index contributed by atoms with van der Waals surface area (Å²) < 4.78 is 0.714. The molecule has 6 heteroatoms. The zero-order valence-electron chi connectivity index (χ0n) is 9.32. The van der Waals surface area contributed by atoms with Crippen molar-refractivity contribution in [3.8, 4) is 0 Å². The van der Waals surface area contributed by atoms with Gasteiger partial charge in [-0.25, -0.2) is 4.79 Å². The van der Waals surface area contributed by atoms with Crippen molar-refractivity contribution in [3.63, 3.8) is 0 Å². The lowest BCUT2D eigenvalue weighted by atomic mass is 9.87. The molecule has 0 aliphatic carbocycles. The molecular weight excluding hydrogens is 260 g/mol. The van der Waals surface area contributed by atoms with E-state index in [1.165, 1.54) is 11.3 Å². The monoisotopic (exact) mass is 270 g/mol. The van der Waals surface area contributed by atoms with Gasteiger partial charge in [-0.3, -0.25) is 5.10 Å². The van der Waals surface area contributed by atoms with Gasteiger partial charge in [0.05, 0.1) is 4.34 Å². The van der Waals surface area contributed by atoms with Crippen molar-refractivity contribution in [2.45, 2.75) is 19.3 Å². The van der Waals surface area contributed by atoms with Crippen LogP contribution in [-0.4, -0.2) is 21.3 Å². The number of aromatic nitrogens is 2. The molecular formula is C11H11ClN2O2S. The largest absolute Gasteiger partial charge is 0.476 e. The zero-order chi connectivity index (χ0) is 12.6. The zero-order valence-corrected chi connectivity index (χ0v) is 10.9. The van der Waals surface area contributed by atoms with Crippen molar-refractivity contribution in [2.75, 3.05) is 0 Å². The van der Waals surface area contributed by atoms with Crippen LogP contribution in [0.15, 0.2) is 18.2 Å². The number of nitrogens with one attached hydrogen (secondary N) is 1. The number of aromatic carboxylic acids is 1. The van der Waals surface area contributed by atoms with E-state index >= 15 is 0 Å². The Morgan fingerprint density at radius 3 is 2.71 bits per heavy atom. The van der Waals surface area contributed by atoms with Gasteiger partial charge in [-0.2, -0.15) is 5.10 Å². The second-order valence-corrected chi connectivity index (χ2v) is 5.92. The minimum atomic E-state index is -1.03. The number of hydrogen-bond acceptors (Lipinski definition) is 3. The Bertz CT molecular complexity index is 559. The molecule has 0 aliphatic rings. The lowest BCUT2D eigenvalue weighted by molar-refractivity contribution is 0.0690. The minimum Gasteiger partial charge on any atom is -0.476 e. The molecule has 0 saturated carbocycles. The molecule has 0 amide bonds. The third-order valence-corrected chi connectivity index (χ3v) is 4.21. The van der Waals surface area contributed by atoms with Crippen LogP contribution in [0.3, 0.4) is 0 Å². The fourth-order valence-electron chi connectivity index (χ4n) is 1.53. The van der Waals surface area contributed by atoms with Crippen molar-refractivity contribution >= 4 is 28.9 Å². The summed E-state index contributed by atoms with van der Waals surface area (Å²) in [7, 11) is 0. The van der Waals surface area contributed by atoms with E-state index in [0.717, 1.165) is 10.6 Å². The van der Waals surface area contributed by atoms with Gasteiger partial charge >= 0.3 is 5.97 Å². The van der Waals surface area contributed by atoms with E-state index in [1.807, 2.05) is 26.0 Å². The maximum atomic E-state index is 10.8. The average molecular weight is 271 g/mol. The summed E-state index contributed by atoms with van der Waals surface area (Å²) in [6.07, 6.45) is 0. The molecule has 2 rings (SSSR count). The van der Waals surface area contributed by atoms with E-state index < -0.39 is 5.97 Å². The Morgan fingerprint density at radius 2 is 2.24 bits per heavy atom. The van der Waals surface area contributed by atoms with Gasteiger partial charge < -0.3 is 5.11 Å². The number of hydrogen-bond donors (Lipinski definition) is 2. The predicted octanol–water partition coefficient (Wildman–Crippen LogP) is 3.15. The van der Waals surface area contributed by atoms with Gasteiger partial charge in [0, 0.05) is 16.0 Å². The van der Waals surface area contributed by atoms with E-state index in [9.17, 15) is 4.79 Å². The molecule has 90 valence electrons. The van der Waals surface area contributed by atoms with E-state index in [-0.39, 0.29) is 11.1 Å². The van der Waals surface area contributed by atoms with Gasteiger partial charge in [0.1, 0.15) is 0 Å². The van der Waals surface area contributed by atoms with Crippen molar-refractivity contribution in [3.05, 3.63) is 38.8 Å². The van der Waals surface area contributed by atoms with Crippen molar-refractivity contribution in [1.29, 1.82) is 0 Å². The molecule has 2 heterocycles. The van der Waals surface area contributed by atoms with E-state index in [4.69, 9.17) is 16.7 Å². The number of carboxylic acid groups (broad SMARTS) is 1. The molecule has 2 N–H and O–H groups in total. The van der Waals surface area contributed by atoms with Crippen LogP contribution in [0, 0.1) is 0 Å². The van der Waals surface area contributed by atoms with Crippen LogP contribution < -0.4 is 0 Å². The topological polar surface area (TPSA) is 66.0 Å². The summed E-state index contributed by atoms with van der Waals surface area (Å²) in [6, 6.07) is 5.32. The van der Waals surface area contributed by atoms with Crippen LogP contribution in [0.1, 0.15) is 34.9 Å². The van der Waals surface area contributed by atoms with E-state index in [1.54, 1.807) is 6.07 Å². The standard InChI is InChI=1S/C11H11ClN2O2S/c1-11(2,8-3-4-9(12)17-8)7-5-6(10(15)16)13-14-7/h3-5H,1-2H3,(H,13,14)(H,15,16). The number of rotatable bonds is 3. The highest BCUT2D eigenvalue weighted by Crippen LogP contribution is 2.36.